The van der Waals surface area contributed by atoms with Crippen LogP contribution in [0.25, 0.3) is 0 Å². The monoisotopic (exact) mass is 400 g/mol. The van der Waals surface area contributed by atoms with Crippen LogP contribution in [0.1, 0.15) is 32.8 Å². The van der Waals surface area contributed by atoms with Gasteiger partial charge in [-0.1, -0.05) is 6.07 Å². The average molecular weight is 400 g/mol. The van der Waals surface area contributed by atoms with Crippen molar-refractivity contribution in [2.45, 2.75) is 45.3 Å². The summed E-state index contributed by atoms with van der Waals surface area (Å²) < 4.78 is 22.1. The number of hydrogen-bond donors (Lipinski definition) is 3. The van der Waals surface area contributed by atoms with Gasteiger partial charge in [-0.2, -0.15) is 0 Å². The maximum absolute atomic E-state index is 12.1. The van der Waals surface area contributed by atoms with E-state index in [4.69, 9.17) is 9.47 Å². The summed E-state index contributed by atoms with van der Waals surface area (Å²) in [6.45, 7) is 4.07. The van der Waals surface area contributed by atoms with Crippen LogP contribution in [-0.4, -0.2) is 58.2 Å². The lowest BCUT2D eigenvalue weighted by molar-refractivity contribution is -0.144. The normalized spacial score (nSPS) is 13.3. The van der Waals surface area contributed by atoms with Crippen molar-refractivity contribution in [3.8, 4) is 5.88 Å². The molecule has 1 amide bonds. The summed E-state index contributed by atoms with van der Waals surface area (Å²) in [4.78, 5) is 38.8. The Hall–Kier alpha value is -2.91. The van der Waals surface area contributed by atoms with Crippen molar-refractivity contribution in [3.05, 3.63) is 23.9 Å². The topological polar surface area (TPSA) is 135 Å². The minimum Gasteiger partial charge on any atom is -0.481 e. The molecule has 3 N–H and O–H groups in total. The summed E-state index contributed by atoms with van der Waals surface area (Å²) in [5.41, 5.74) is -0.293. The Balaban J connectivity index is 2.78. The SMILES string of the molecule is CC(C)(C)OC(=O)N[C@H](C[C@H](Cc1ccc(OCCF)nc1)C(=O)O)C(=O)O. The summed E-state index contributed by atoms with van der Waals surface area (Å²) in [7, 11) is 0. The van der Waals surface area contributed by atoms with Gasteiger partial charge in [-0.3, -0.25) is 4.79 Å². The van der Waals surface area contributed by atoms with Crippen molar-refractivity contribution in [1.82, 2.24) is 10.3 Å². The van der Waals surface area contributed by atoms with Crippen LogP contribution in [0.4, 0.5) is 9.18 Å². The lowest BCUT2D eigenvalue weighted by atomic mass is 9.93. The fourth-order valence-electron chi connectivity index (χ4n) is 2.27. The van der Waals surface area contributed by atoms with Crippen LogP contribution in [0.15, 0.2) is 18.3 Å². The number of amides is 1. The van der Waals surface area contributed by atoms with Crippen LogP contribution in [-0.2, 0) is 20.7 Å². The van der Waals surface area contributed by atoms with Crippen molar-refractivity contribution < 1.29 is 38.5 Å². The van der Waals surface area contributed by atoms with Crippen LogP contribution in [0, 0.1) is 5.92 Å². The first kappa shape index (κ1) is 23.1. The number of halogens is 1. The summed E-state index contributed by atoms with van der Waals surface area (Å²) in [6, 6.07) is 1.60. The van der Waals surface area contributed by atoms with E-state index in [9.17, 15) is 29.0 Å². The second-order valence-corrected chi connectivity index (χ2v) is 7.05. The molecule has 156 valence electrons. The van der Waals surface area contributed by atoms with Gasteiger partial charge in [-0.05, 0) is 39.2 Å². The van der Waals surface area contributed by atoms with Gasteiger partial charge in [0.2, 0.25) is 5.88 Å². The van der Waals surface area contributed by atoms with Gasteiger partial charge in [0.1, 0.15) is 24.9 Å². The largest absolute Gasteiger partial charge is 0.481 e. The quantitative estimate of drug-likeness (QED) is 0.543. The van der Waals surface area contributed by atoms with E-state index < -0.39 is 42.3 Å². The molecule has 0 unspecified atom stereocenters. The van der Waals surface area contributed by atoms with E-state index >= 15 is 0 Å². The first-order valence-corrected chi connectivity index (χ1v) is 8.60. The number of aromatic nitrogens is 1. The third-order valence-corrected chi connectivity index (χ3v) is 3.47. The molecule has 0 radical (unpaired) electrons. The van der Waals surface area contributed by atoms with Crippen molar-refractivity contribution >= 4 is 18.0 Å². The van der Waals surface area contributed by atoms with Gasteiger partial charge >= 0.3 is 18.0 Å². The third-order valence-electron chi connectivity index (χ3n) is 3.47. The first-order chi connectivity index (χ1) is 13.0. The lowest BCUT2D eigenvalue weighted by Gasteiger charge is -2.23. The molecule has 0 fully saturated rings. The molecule has 0 aliphatic rings. The highest BCUT2D eigenvalue weighted by atomic mass is 19.1. The molecular formula is C18H25FN2O7. The fourth-order valence-corrected chi connectivity index (χ4v) is 2.27. The smallest absolute Gasteiger partial charge is 0.408 e. The number of carbonyl (C=O) groups is 3. The van der Waals surface area contributed by atoms with E-state index in [0.717, 1.165) is 0 Å². The van der Waals surface area contributed by atoms with Gasteiger partial charge in [-0.15, -0.1) is 0 Å². The summed E-state index contributed by atoms with van der Waals surface area (Å²) >= 11 is 0. The zero-order valence-electron chi connectivity index (χ0n) is 16.0. The van der Waals surface area contributed by atoms with Crippen molar-refractivity contribution in [3.63, 3.8) is 0 Å². The predicted octanol–water partition coefficient (Wildman–Crippen LogP) is 2.04. The van der Waals surface area contributed by atoms with Crippen LogP contribution in [0.3, 0.4) is 0 Å². The number of carboxylic acids is 2. The molecule has 28 heavy (non-hydrogen) atoms. The van der Waals surface area contributed by atoms with Crippen LogP contribution in [0.5, 0.6) is 5.88 Å². The molecule has 1 aromatic rings. The van der Waals surface area contributed by atoms with Gasteiger partial charge < -0.3 is 25.0 Å². The molecule has 0 saturated carbocycles. The number of nitrogens with zero attached hydrogens (tertiary/aromatic N) is 1. The molecule has 9 nitrogen and oxygen atoms in total. The Morgan fingerprint density at radius 3 is 2.36 bits per heavy atom. The van der Waals surface area contributed by atoms with Gasteiger partial charge in [0.25, 0.3) is 0 Å². The van der Waals surface area contributed by atoms with Crippen LogP contribution >= 0.6 is 0 Å². The molecule has 1 rings (SSSR count). The molecule has 1 aromatic heterocycles. The summed E-state index contributed by atoms with van der Waals surface area (Å²) in [6.07, 6.45) is 0.0795. The standard InChI is InChI=1S/C18H25FN2O7/c1-18(2,3)28-17(26)21-13(16(24)25)9-12(15(22)23)8-11-4-5-14(20-10-11)27-7-6-19/h4-5,10,12-13H,6-9H2,1-3H3,(H,21,26)(H,22,23)(H,24,25)/t12-,13+/m0/s1. The number of nitrogens with one attached hydrogen (secondary N) is 1. The number of rotatable bonds is 10. The minimum atomic E-state index is -1.43. The first-order valence-electron chi connectivity index (χ1n) is 8.60. The van der Waals surface area contributed by atoms with E-state index in [1.54, 1.807) is 26.8 Å². The van der Waals surface area contributed by atoms with Gasteiger partial charge in [0.15, 0.2) is 0 Å². The molecule has 0 aromatic carbocycles. The molecule has 0 aliphatic heterocycles. The number of ether oxygens (including phenoxy) is 2. The van der Waals surface area contributed by atoms with E-state index in [-0.39, 0.29) is 25.3 Å². The van der Waals surface area contributed by atoms with Crippen molar-refractivity contribution in [2.75, 3.05) is 13.3 Å². The number of aliphatic carboxylic acids is 2. The van der Waals surface area contributed by atoms with Crippen molar-refractivity contribution in [2.24, 2.45) is 5.92 Å². The number of carboxylic acid groups (broad SMARTS) is 2. The Labute approximate surface area is 161 Å². The Kier molecular flexibility index (Phi) is 8.62. The third kappa shape index (κ3) is 8.65. The number of hydrogen-bond acceptors (Lipinski definition) is 6. The summed E-state index contributed by atoms with van der Waals surface area (Å²) in [5.74, 6) is -3.47. The second kappa shape index (κ2) is 10.4. The maximum atomic E-state index is 12.1. The van der Waals surface area contributed by atoms with Crippen LogP contribution < -0.4 is 10.1 Å². The zero-order valence-corrected chi connectivity index (χ0v) is 16.0. The second-order valence-electron chi connectivity index (χ2n) is 7.05. The van der Waals surface area contributed by atoms with Gasteiger partial charge in [0.05, 0.1) is 5.92 Å². The highest BCUT2D eigenvalue weighted by molar-refractivity contribution is 5.81. The van der Waals surface area contributed by atoms with E-state index in [1.165, 1.54) is 12.3 Å². The predicted molar refractivity (Wildman–Crippen MR) is 95.9 cm³/mol. The Morgan fingerprint density at radius 2 is 1.89 bits per heavy atom. The molecule has 1 heterocycles. The van der Waals surface area contributed by atoms with Gasteiger partial charge in [-0.25, -0.2) is 19.0 Å². The lowest BCUT2D eigenvalue weighted by Crippen LogP contribution is -2.45. The van der Waals surface area contributed by atoms with E-state index in [0.29, 0.717) is 5.56 Å². The molecule has 0 bridgehead atoms. The minimum absolute atomic E-state index is 0.00843. The van der Waals surface area contributed by atoms with Crippen LogP contribution in [0.2, 0.25) is 0 Å². The molecule has 10 heteroatoms. The molecule has 2 atom stereocenters. The Morgan fingerprint density at radius 1 is 1.21 bits per heavy atom. The number of pyridine rings is 1. The van der Waals surface area contributed by atoms with E-state index in [1.807, 2.05) is 0 Å². The number of carbonyl (C=O) groups excluding carboxylic acids is 1. The zero-order chi connectivity index (χ0) is 21.3. The molecular weight excluding hydrogens is 375 g/mol. The maximum Gasteiger partial charge on any atom is 0.408 e. The Bertz CT molecular complexity index is 674. The fraction of sp³-hybridized carbons (Fsp3) is 0.556. The molecule has 0 aliphatic carbocycles. The number of alkyl halides is 1. The molecule has 0 spiro atoms. The average Bonchev–Trinajstić information content (AvgIpc) is 2.57. The highest BCUT2D eigenvalue weighted by Gasteiger charge is 2.30. The van der Waals surface area contributed by atoms with Gasteiger partial charge in [0, 0.05) is 12.3 Å². The van der Waals surface area contributed by atoms with E-state index in [2.05, 4.69) is 10.3 Å². The van der Waals surface area contributed by atoms with Crippen molar-refractivity contribution in [1.29, 1.82) is 0 Å². The molecule has 0 saturated heterocycles. The number of alkyl carbamates (subject to hydrolysis) is 1. The highest BCUT2D eigenvalue weighted by Crippen LogP contribution is 2.17. The summed E-state index contributed by atoms with van der Waals surface area (Å²) in [5, 5.41) is 20.9.